The standard InChI is InChI=1S/C14H14BrN3O2/c1-10(11-5-3-7-16-8-11)17-9-12-4-2-6-13(14(12)15)18(19)20/h2-8,10,17H,9H2,1H3. The number of aromatic nitrogens is 1. The summed E-state index contributed by atoms with van der Waals surface area (Å²) in [6, 6.07) is 9.03. The molecule has 6 heteroatoms. The number of benzene rings is 1. The van der Waals surface area contributed by atoms with Gasteiger partial charge in [-0.15, -0.1) is 0 Å². The molecule has 0 saturated carbocycles. The van der Waals surface area contributed by atoms with Crippen LogP contribution >= 0.6 is 15.9 Å². The summed E-state index contributed by atoms with van der Waals surface area (Å²) in [6.07, 6.45) is 3.54. The number of halogens is 1. The second kappa shape index (κ2) is 6.58. The van der Waals surface area contributed by atoms with E-state index in [1.54, 1.807) is 18.5 Å². The van der Waals surface area contributed by atoms with Crippen LogP contribution in [0.15, 0.2) is 47.2 Å². The summed E-state index contributed by atoms with van der Waals surface area (Å²) in [5.74, 6) is 0. The Balaban J connectivity index is 2.08. The molecule has 2 rings (SSSR count). The smallest absolute Gasteiger partial charge is 0.283 e. The van der Waals surface area contributed by atoms with E-state index >= 15 is 0 Å². The molecule has 0 saturated heterocycles. The normalized spacial score (nSPS) is 12.1. The Kier molecular flexibility index (Phi) is 4.81. The first-order chi connectivity index (χ1) is 9.59. The first-order valence-corrected chi connectivity index (χ1v) is 6.94. The van der Waals surface area contributed by atoms with Gasteiger partial charge in [-0.1, -0.05) is 18.2 Å². The van der Waals surface area contributed by atoms with Gasteiger partial charge in [-0.05, 0) is 40.0 Å². The fourth-order valence-electron chi connectivity index (χ4n) is 1.86. The highest BCUT2D eigenvalue weighted by molar-refractivity contribution is 9.10. The van der Waals surface area contributed by atoms with Gasteiger partial charge in [-0.3, -0.25) is 15.1 Å². The first-order valence-electron chi connectivity index (χ1n) is 6.14. The molecule has 1 aromatic carbocycles. The van der Waals surface area contributed by atoms with Crippen LogP contribution in [0.4, 0.5) is 5.69 Å². The fraction of sp³-hybridized carbons (Fsp3) is 0.214. The molecule has 0 radical (unpaired) electrons. The van der Waals surface area contributed by atoms with Crippen molar-refractivity contribution in [2.75, 3.05) is 0 Å². The second-order valence-corrected chi connectivity index (χ2v) is 5.19. The lowest BCUT2D eigenvalue weighted by molar-refractivity contribution is -0.385. The second-order valence-electron chi connectivity index (χ2n) is 4.40. The highest BCUT2D eigenvalue weighted by Crippen LogP contribution is 2.28. The predicted molar refractivity (Wildman–Crippen MR) is 80.3 cm³/mol. The molecule has 20 heavy (non-hydrogen) atoms. The summed E-state index contributed by atoms with van der Waals surface area (Å²) in [5.41, 5.74) is 2.02. The van der Waals surface area contributed by atoms with Gasteiger partial charge in [-0.25, -0.2) is 0 Å². The Bertz CT molecular complexity index is 605. The van der Waals surface area contributed by atoms with Gasteiger partial charge in [0.1, 0.15) is 0 Å². The molecule has 1 unspecified atom stereocenters. The summed E-state index contributed by atoms with van der Waals surface area (Å²) in [7, 11) is 0. The van der Waals surface area contributed by atoms with Crippen molar-refractivity contribution in [3.63, 3.8) is 0 Å². The Morgan fingerprint density at radius 2 is 2.20 bits per heavy atom. The van der Waals surface area contributed by atoms with Crippen molar-refractivity contribution in [1.29, 1.82) is 0 Å². The lowest BCUT2D eigenvalue weighted by Gasteiger charge is -2.14. The average Bonchev–Trinajstić information content (AvgIpc) is 2.46. The lowest BCUT2D eigenvalue weighted by Crippen LogP contribution is -2.18. The SMILES string of the molecule is CC(NCc1cccc([N+](=O)[O-])c1Br)c1cccnc1. The summed E-state index contributed by atoms with van der Waals surface area (Å²) in [5, 5.41) is 14.2. The molecule has 1 N–H and O–H groups in total. The molecule has 0 fully saturated rings. The molecular weight excluding hydrogens is 322 g/mol. The van der Waals surface area contributed by atoms with Crippen molar-refractivity contribution in [3.05, 3.63) is 68.4 Å². The molecule has 5 nitrogen and oxygen atoms in total. The molecule has 0 bridgehead atoms. The number of nitrogens with one attached hydrogen (secondary N) is 1. The molecule has 104 valence electrons. The summed E-state index contributed by atoms with van der Waals surface area (Å²) < 4.78 is 0.524. The van der Waals surface area contributed by atoms with E-state index in [0.717, 1.165) is 11.1 Å². The van der Waals surface area contributed by atoms with E-state index in [4.69, 9.17) is 0 Å². The van der Waals surface area contributed by atoms with E-state index < -0.39 is 4.92 Å². The van der Waals surface area contributed by atoms with Gasteiger partial charge in [-0.2, -0.15) is 0 Å². The summed E-state index contributed by atoms with van der Waals surface area (Å²) in [6.45, 7) is 2.57. The van der Waals surface area contributed by atoms with E-state index in [1.165, 1.54) is 6.07 Å². The quantitative estimate of drug-likeness (QED) is 0.669. The number of nitro groups is 1. The summed E-state index contributed by atoms with van der Waals surface area (Å²) in [4.78, 5) is 14.6. The molecule has 1 aromatic heterocycles. The van der Waals surface area contributed by atoms with Crippen LogP contribution in [0.2, 0.25) is 0 Å². The molecule has 0 aliphatic rings. The van der Waals surface area contributed by atoms with E-state index in [9.17, 15) is 10.1 Å². The van der Waals surface area contributed by atoms with E-state index in [1.807, 2.05) is 25.1 Å². The topological polar surface area (TPSA) is 68.1 Å². The molecule has 1 heterocycles. The van der Waals surface area contributed by atoms with E-state index in [-0.39, 0.29) is 11.7 Å². The van der Waals surface area contributed by atoms with Gasteiger partial charge in [0, 0.05) is 31.0 Å². The maximum absolute atomic E-state index is 10.9. The maximum Gasteiger partial charge on any atom is 0.283 e. The van der Waals surface area contributed by atoms with Crippen LogP contribution in [0.25, 0.3) is 0 Å². The van der Waals surface area contributed by atoms with Gasteiger partial charge in [0.25, 0.3) is 5.69 Å². The minimum atomic E-state index is -0.391. The van der Waals surface area contributed by atoms with Crippen LogP contribution in [0, 0.1) is 10.1 Å². The maximum atomic E-state index is 10.9. The van der Waals surface area contributed by atoms with Gasteiger partial charge >= 0.3 is 0 Å². The van der Waals surface area contributed by atoms with Gasteiger partial charge < -0.3 is 5.32 Å². The van der Waals surface area contributed by atoms with Crippen molar-refractivity contribution in [2.24, 2.45) is 0 Å². The Morgan fingerprint density at radius 1 is 1.40 bits per heavy atom. The van der Waals surface area contributed by atoms with E-state index in [0.29, 0.717) is 11.0 Å². The van der Waals surface area contributed by atoms with Crippen LogP contribution in [0.3, 0.4) is 0 Å². The van der Waals surface area contributed by atoms with Crippen LogP contribution in [0.5, 0.6) is 0 Å². The third-order valence-corrected chi connectivity index (χ3v) is 3.95. The van der Waals surface area contributed by atoms with Gasteiger partial charge in [0.05, 0.1) is 9.40 Å². The van der Waals surface area contributed by atoms with Crippen molar-refractivity contribution >= 4 is 21.6 Å². The van der Waals surface area contributed by atoms with Crippen molar-refractivity contribution in [3.8, 4) is 0 Å². The molecule has 0 aliphatic carbocycles. The minimum Gasteiger partial charge on any atom is -0.306 e. The zero-order chi connectivity index (χ0) is 14.5. The van der Waals surface area contributed by atoms with Crippen LogP contribution < -0.4 is 5.32 Å². The number of rotatable bonds is 5. The van der Waals surface area contributed by atoms with Crippen LogP contribution in [-0.2, 0) is 6.54 Å². The molecular formula is C14H14BrN3O2. The predicted octanol–water partition coefficient (Wildman–Crippen LogP) is 3.60. The number of hydrogen-bond donors (Lipinski definition) is 1. The Labute approximate surface area is 125 Å². The van der Waals surface area contributed by atoms with Crippen LogP contribution in [-0.4, -0.2) is 9.91 Å². The number of nitro benzene ring substituents is 1. The largest absolute Gasteiger partial charge is 0.306 e. The highest BCUT2D eigenvalue weighted by Gasteiger charge is 2.15. The van der Waals surface area contributed by atoms with Crippen molar-refractivity contribution < 1.29 is 4.92 Å². The van der Waals surface area contributed by atoms with Crippen molar-refractivity contribution in [2.45, 2.75) is 19.5 Å². The molecule has 0 amide bonds. The molecule has 1 atom stereocenters. The average molecular weight is 336 g/mol. The van der Waals surface area contributed by atoms with Crippen LogP contribution in [0.1, 0.15) is 24.1 Å². The van der Waals surface area contributed by atoms with Gasteiger partial charge in [0.15, 0.2) is 0 Å². The zero-order valence-electron chi connectivity index (χ0n) is 10.9. The highest BCUT2D eigenvalue weighted by atomic mass is 79.9. The lowest BCUT2D eigenvalue weighted by atomic mass is 10.1. The number of hydrogen-bond acceptors (Lipinski definition) is 4. The minimum absolute atomic E-state index is 0.0818. The third-order valence-electron chi connectivity index (χ3n) is 3.04. The number of pyridine rings is 1. The first kappa shape index (κ1) is 14.6. The Morgan fingerprint density at radius 3 is 2.85 bits per heavy atom. The zero-order valence-corrected chi connectivity index (χ0v) is 12.5. The molecule has 0 spiro atoms. The Hall–Kier alpha value is -1.79. The van der Waals surface area contributed by atoms with Crippen molar-refractivity contribution in [1.82, 2.24) is 10.3 Å². The third kappa shape index (κ3) is 3.40. The molecule has 2 aromatic rings. The summed E-state index contributed by atoms with van der Waals surface area (Å²) >= 11 is 3.29. The molecule has 0 aliphatic heterocycles. The van der Waals surface area contributed by atoms with E-state index in [2.05, 4.69) is 26.2 Å². The fourth-order valence-corrected chi connectivity index (χ4v) is 2.41. The van der Waals surface area contributed by atoms with Gasteiger partial charge in [0.2, 0.25) is 0 Å². The monoisotopic (exact) mass is 335 g/mol. The number of nitrogens with zero attached hydrogens (tertiary/aromatic N) is 2.